The number of hydrogen-bond acceptors (Lipinski definition) is 4. The zero-order valence-electron chi connectivity index (χ0n) is 18.1. The van der Waals surface area contributed by atoms with Gasteiger partial charge in [0.15, 0.2) is 0 Å². The second kappa shape index (κ2) is 10.1. The highest BCUT2D eigenvalue weighted by Gasteiger charge is 2.31. The van der Waals surface area contributed by atoms with Crippen LogP contribution in [0, 0.1) is 5.92 Å². The molecule has 168 valence electrons. The molecule has 1 aliphatic rings. The lowest BCUT2D eigenvalue weighted by atomic mass is 10.0. The van der Waals surface area contributed by atoms with Gasteiger partial charge in [-0.05, 0) is 68.5 Å². The number of piperidine rings is 1. The van der Waals surface area contributed by atoms with Gasteiger partial charge in [0.25, 0.3) is 5.91 Å². The quantitative estimate of drug-likeness (QED) is 0.629. The molecule has 0 radical (unpaired) electrons. The molecule has 1 heterocycles. The number of sulfonamides is 1. The Morgan fingerprint density at radius 2 is 2.03 bits per heavy atom. The first kappa shape index (κ1) is 23.7. The van der Waals surface area contributed by atoms with Crippen molar-refractivity contribution >= 4 is 33.2 Å². The van der Waals surface area contributed by atoms with Gasteiger partial charge in [-0.3, -0.25) is 4.79 Å². The lowest BCUT2D eigenvalue weighted by Crippen LogP contribution is -2.39. The van der Waals surface area contributed by atoms with Crippen LogP contribution in [0.4, 0.5) is 5.69 Å². The summed E-state index contributed by atoms with van der Waals surface area (Å²) < 4.78 is 33.4. The van der Waals surface area contributed by atoms with E-state index in [1.54, 1.807) is 6.07 Å². The van der Waals surface area contributed by atoms with E-state index in [1.807, 2.05) is 39.0 Å². The van der Waals surface area contributed by atoms with Crippen molar-refractivity contribution in [3.8, 4) is 0 Å². The maximum Gasteiger partial charge on any atom is 0.255 e. The summed E-state index contributed by atoms with van der Waals surface area (Å²) in [6.07, 6.45) is 1.92. The summed E-state index contributed by atoms with van der Waals surface area (Å²) in [7, 11) is -3.77. The molecule has 8 heteroatoms. The number of nitrogens with one attached hydrogen (secondary N) is 1. The van der Waals surface area contributed by atoms with Crippen LogP contribution in [0.3, 0.4) is 0 Å². The lowest BCUT2D eigenvalue weighted by Gasteiger charge is -2.30. The van der Waals surface area contributed by atoms with Crippen LogP contribution in [-0.2, 0) is 21.4 Å². The summed E-state index contributed by atoms with van der Waals surface area (Å²) >= 11 is 6.23. The van der Waals surface area contributed by atoms with Crippen LogP contribution in [0.25, 0.3) is 0 Å². The van der Waals surface area contributed by atoms with E-state index in [-0.39, 0.29) is 21.6 Å². The van der Waals surface area contributed by atoms with E-state index in [2.05, 4.69) is 5.32 Å². The number of hydrogen-bond donors (Lipinski definition) is 1. The van der Waals surface area contributed by atoms with Crippen LogP contribution in [-0.4, -0.2) is 37.8 Å². The molecule has 1 aliphatic heterocycles. The highest BCUT2D eigenvalue weighted by Crippen LogP contribution is 2.29. The van der Waals surface area contributed by atoms with E-state index in [9.17, 15) is 13.2 Å². The number of benzene rings is 2. The molecular weight excluding hydrogens is 436 g/mol. The van der Waals surface area contributed by atoms with Gasteiger partial charge in [0, 0.05) is 24.3 Å². The number of carbonyl (C=O) groups is 1. The Morgan fingerprint density at radius 1 is 1.26 bits per heavy atom. The zero-order valence-corrected chi connectivity index (χ0v) is 19.7. The molecule has 0 saturated carbocycles. The van der Waals surface area contributed by atoms with Gasteiger partial charge in [0.2, 0.25) is 10.0 Å². The third kappa shape index (κ3) is 6.07. The maximum absolute atomic E-state index is 13.2. The van der Waals surface area contributed by atoms with Crippen molar-refractivity contribution in [1.82, 2.24) is 4.31 Å². The van der Waals surface area contributed by atoms with Crippen molar-refractivity contribution < 1.29 is 17.9 Å². The molecule has 1 N–H and O–H groups in total. The third-order valence-corrected chi connectivity index (χ3v) is 7.55. The van der Waals surface area contributed by atoms with Gasteiger partial charge in [-0.15, -0.1) is 0 Å². The zero-order chi connectivity index (χ0) is 22.6. The molecule has 3 rings (SSSR count). The summed E-state index contributed by atoms with van der Waals surface area (Å²) in [5.41, 5.74) is 1.78. The van der Waals surface area contributed by atoms with Crippen LogP contribution in [0.1, 0.15) is 49.5 Å². The standard InChI is InChI=1S/C23H29ClN2O4S/c1-16(2)30-15-18-7-4-8-20(12-18)25-23(27)19-9-10-21(24)22(13-19)31(28,29)26-11-5-6-17(3)14-26/h4,7-10,12-13,16-17H,5-6,11,14-15H2,1-3H3,(H,25,27). The SMILES string of the molecule is CC1CCCN(S(=O)(=O)c2cc(C(=O)Nc3cccc(COC(C)C)c3)ccc2Cl)C1. The van der Waals surface area contributed by atoms with E-state index in [1.165, 1.54) is 22.5 Å². The molecule has 2 aromatic carbocycles. The average Bonchev–Trinajstić information content (AvgIpc) is 2.72. The first-order valence-electron chi connectivity index (χ1n) is 10.5. The maximum atomic E-state index is 13.2. The molecule has 31 heavy (non-hydrogen) atoms. The molecule has 1 amide bonds. The number of anilines is 1. The largest absolute Gasteiger partial charge is 0.374 e. The Morgan fingerprint density at radius 3 is 2.74 bits per heavy atom. The molecule has 6 nitrogen and oxygen atoms in total. The van der Waals surface area contributed by atoms with E-state index >= 15 is 0 Å². The second-order valence-electron chi connectivity index (χ2n) is 8.27. The Labute approximate surface area is 189 Å². The molecule has 2 aromatic rings. The van der Waals surface area contributed by atoms with Gasteiger partial charge in [-0.25, -0.2) is 8.42 Å². The fourth-order valence-electron chi connectivity index (χ4n) is 3.55. The Balaban J connectivity index is 1.80. The minimum absolute atomic E-state index is 0.0324. The second-order valence-corrected chi connectivity index (χ2v) is 10.6. The molecule has 0 spiro atoms. The van der Waals surface area contributed by atoms with Crippen molar-refractivity contribution in [3.05, 3.63) is 58.6 Å². The van der Waals surface area contributed by atoms with Gasteiger partial charge in [-0.1, -0.05) is 30.7 Å². The van der Waals surface area contributed by atoms with Gasteiger partial charge in [-0.2, -0.15) is 4.31 Å². The van der Waals surface area contributed by atoms with E-state index in [0.29, 0.717) is 31.3 Å². The van der Waals surface area contributed by atoms with Crippen LogP contribution in [0.2, 0.25) is 5.02 Å². The molecule has 1 unspecified atom stereocenters. The smallest absolute Gasteiger partial charge is 0.255 e. The van der Waals surface area contributed by atoms with Crippen molar-refractivity contribution in [2.75, 3.05) is 18.4 Å². The predicted octanol–water partition coefficient (Wildman–Crippen LogP) is 4.94. The van der Waals surface area contributed by atoms with Gasteiger partial charge < -0.3 is 10.1 Å². The van der Waals surface area contributed by atoms with Crippen LogP contribution < -0.4 is 5.32 Å². The summed E-state index contributed by atoms with van der Waals surface area (Å²) in [5.74, 6) is -0.109. The Bertz CT molecular complexity index is 1040. The molecular formula is C23H29ClN2O4S. The summed E-state index contributed by atoms with van der Waals surface area (Å²) in [6.45, 7) is 7.32. The Hall–Kier alpha value is -1.93. The average molecular weight is 465 g/mol. The fourth-order valence-corrected chi connectivity index (χ4v) is 5.65. The van der Waals surface area contributed by atoms with Gasteiger partial charge in [0.1, 0.15) is 4.90 Å². The molecule has 1 fully saturated rings. The fraction of sp³-hybridized carbons (Fsp3) is 0.435. The molecule has 1 atom stereocenters. The monoisotopic (exact) mass is 464 g/mol. The van der Waals surface area contributed by atoms with Crippen LogP contribution >= 0.6 is 11.6 Å². The summed E-state index contributed by atoms with van der Waals surface area (Å²) in [6, 6.07) is 11.7. The number of ether oxygens (including phenoxy) is 1. The van der Waals surface area contributed by atoms with E-state index in [4.69, 9.17) is 16.3 Å². The molecule has 1 saturated heterocycles. The van der Waals surface area contributed by atoms with Crippen LogP contribution in [0.5, 0.6) is 0 Å². The lowest BCUT2D eigenvalue weighted by molar-refractivity contribution is 0.0657. The van der Waals surface area contributed by atoms with Gasteiger partial charge in [0.05, 0.1) is 17.7 Å². The molecule has 0 aromatic heterocycles. The number of rotatable bonds is 7. The highest BCUT2D eigenvalue weighted by atomic mass is 35.5. The number of nitrogens with zero attached hydrogens (tertiary/aromatic N) is 1. The van der Waals surface area contributed by atoms with Crippen molar-refractivity contribution in [2.24, 2.45) is 5.92 Å². The van der Waals surface area contributed by atoms with Gasteiger partial charge >= 0.3 is 0 Å². The molecule has 0 bridgehead atoms. The minimum Gasteiger partial charge on any atom is -0.374 e. The van der Waals surface area contributed by atoms with Crippen molar-refractivity contribution in [2.45, 2.75) is 51.2 Å². The molecule has 0 aliphatic carbocycles. The highest BCUT2D eigenvalue weighted by molar-refractivity contribution is 7.89. The summed E-state index contributed by atoms with van der Waals surface area (Å²) in [4.78, 5) is 12.8. The first-order valence-corrected chi connectivity index (χ1v) is 12.3. The third-order valence-electron chi connectivity index (χ3n) is 5.20. The van der Waals surface area contributed by atoms with E-state index in [0.717, 1.165) is 18.4 Å². The van der Waals surface area contributed by atoms with Crippen LogP contribution in [0.15, 0.2) is 47.4 Å². The number of halogens is 1. The Kier molecular flexibility index (Phi) is 7.75. The normalized spacial score (nSPS) is 17.6. The topological polar surface area (TPSA) is 75.7 Å². The van der Waals surface area contributed by atoms with Crippen molar-refractivity contribution in [3.63, 3.8) is 0 Å². The predicted molar refractivity (Wildman–Crippen MR) is 123 cm³/mol. The number of carbonyl (C=O) groups excluding carboxylic acids is 1. The summed E-state index contributed by atoms with van der Waals surface area (Å²) in [5, 5.41) is 2.94. The minimum atomic E-state index is -3.77. The number of amides is 1. The van der Waals surface area contributed by atoms with Crippen molar-refractivity contribution in [1.29, 1.82) is 0 Å². The van der Waals surface area contributed by atoms with E-state index < -0.39 is 15.9 Å². The first-order chi connectivity index (χ1) is 14.7.